The zero-order valence-electron chi connectivity index (χ0n) is 10.9. The van der Waals surface area contributed by atoms with Crippen LogP contribution in [-0.2, 0) is 0 Å². The first kappa shape index (κ1) is 13.8. The van der Waals surface area contributed by atoms with Gasteiger partial charge in [-0.05, 0) is 18.9 Å². The van der Waals surface area contributed by atoms with E-state index < -0.39 is 0 Å². The Morgan fingerprint density at radius 1 is 1.35 bits per heavy atom. The van der Waals surface area contributed by atoms with Gasteiger partial charge >= 0.3 is 0 Å². The molecule has 0 aromatic heterocycles. The Labute approximate surface area is 108 Å². The third kappa shape index (κ3) is 4.27. The van der Waals surface area contributed by atoms with Gasteiger partial charge in [-0.15, -0.1) is 0 Å². The highest BCUT2D eigenvalue weighted by Crippen LogP contribution is 2.28. The summed E-state index contributed by atoms with van der Waals surface area (Å²) in [6.07, 6.45) is 3.26. The normalized spacial score (nSPS) is 12.7. The van der Waals surface area contributed by atoms with Gasteiger partial charge in [-0.3, -0.25) is 4.99 Å². The molecule has 1 aromatic rings. The molecule has 0 spiro atoms. The molecule has 0 bridgehead atoms. The van der Waals surface area contributed by atoms with Crippen molar-refractivity contribution in [1.29, 1.82) is 0 Å². The molecule has 2 nitrogen and oxygen atoms in total. The first-order chi connectivity index (χ1) is 8.21. The van der Waals surface area contributed by atoms with Crippen molar-refractivity contribution in [2.45, 2.75) is 20.3 Å². The van der Waals surface area contributed by atoms with Crippen LogP contribution >= 0.6 is 11.8 Å². The maximum Gasteiger partial charge on any atom is 0.160 e. The average molecular weight is 248 g/mol. The second kappa shape index (κ2) is 7.17. The van der Waals surface area contributed by atoms with Gasteiger partial charge in [-0.2, -0.15) is 0 Å². The summed E-state index contributed by atoms with van der Waals surface area (Å²) in [5.41, 5.74) is 2.53. The summed E-state index contributed by atoms with van der Waals surface area (Å²) < 4.78 is 0. The SMILES string of the molecule is CC/C=C(/SC(=NC)NC)c1ccc(C)cc1. The fourth-order valence-electron chi connectivity index (χ4n) is 1.43. The predicted octanol–water partition coefficient (Wildman–Crippen LogP) is 3.68. The zero-order chi connectivity index (χ0) is 12.7. The van der Waals surface area contributed by atoms with E-state index >= 15 is 0 Å². The number of hydrogen-bond donors (Lipinski definition) is 1. The van der Waals surface area contributed by atoms with Crippen LogP contribution in [0.2, 0.25) is 0 Å². The molecule has 0 unspecified atom stereocenters. The van der Waals surface area contributed by atoms with E-state index in [1.54, 1.807) is 18.8 Å². The second-order valence-corrected chi connectivity index (χ2v) is 4.75. The number of rotatable bonds is 3. The van der Waals surface area contributed by atoms with Crippen molar-refractivity contribution in [2.24, 2.45) is 4.99 Å². The van der Waals surface area contributed by atoms with Crippen LogP contribution in [0.5, 0.6) is 0 Å². The minimum Gasteiger partial charge on any atom is -0.368 e. The zero-order valence-corrected chi connectivity index (χ0v) is 11.8. The van der Waals surface area contributed by atoms with Crippen LogP contribution in [-0.4, -0.2) is 19.3 Å². The lowest BCUT2D eigenvalue weighted by molar-refractivity contribution is 1.18. The van der Waals surface area contributed by atoms with Crippen LogP contribution < -0.4 is 5.32 Å². The number of nitrogens with one attached hydrogen (secondary N) is 1. The summed E-state index contributed by atoms with van der Waals surface area (Å²) in [5, 5.41) is 4.03. The number of amidine groups is 1. The number of aryl methyl sites for hydroxylation is 1. The largest absolute Gasteiger partial charge is 0.368 e. The van der Waals surface area contributed by atoms with E-state index in [0.29, 0.717) is 0 Å². The van der Waals surface area contributed by atoms with Gasteiger partial charge in [0.1, 0.15) is 0 Å². The Kier molecular flexibility index (Phi) is 5.84. The summed E-state index contributed by atoms with van der Waals surface area (Å²) in [6.45, 7) is 4.25. The Balaban J connectivity index is 2.94. The van der Waals surface area contributed by atoms with Gasteiger partial charge in [0.05, 0.1) is 0 Å². The van der Waals surface area contributed by atoms with Crippen molar-refractivity contribution >= 4 is 21.8 Å². The quantitative estimate of drug-likeness (QED) is 0.652. The fourth-order valence-corrected chi connectivity index (χ4v) is 2.34. The number of nitrogens with zero attached hydrogens (tertiary/aromatic N) is 1. The van der Waals surface area contributed by atoms with Gasteiger partial charge in [0, 0.05) is 19.0 Å². The molecule has 0 heterocycles. The minimum atomic E-state index is 0.935. The van der Waals surface area contributed by atoms with Gasteiger partial charge < -0.3 is 5.32 Å². The Bertz CT molecular complexity index is 405. The van der Waals surface area contributed by atoms with E-state index in [0.717, 1.165) is 11.6 Å². The van der Waals surface area contributed by atoms with Crippen molar-refractivity contribution in [1.82, 2.24) is 5.32 Å². The molecule has 1 aromatic carbocycles. The molecule has 0 aliphatic carbocycles. The molecule has 0 saturated carbocycles. The van der Waals surface area contributed by atoms with E-state index in [-0.39, 0.29) is 0 Å². The molecule has 1 N–H and O–H groups in total. The van der Waals surface area contributed by atoms with Gasteiger partial charge in [-0.25, -0.2) is 0 Å². The highest BCUT2D eigenvalue weighted by Gasteiger charge is 2.05. The van der Waals surface area contributed by atoms with Crippen LogP contribution in [0, 0.1) is 6.92 Å². The molecule has 0 fully saturated rings. The molecule has 0 amide bonds. The smallest absolute Gasteiger partial charge is 0.160 e. The maximum absolute atomic E-state index is 4.20. The highest BCUT2D eigenvalue weighted by molar-refractivity contribution is 8.21. The predicted molar refractivity (Wildman–Crippen MR) is 79.5 cm³/mol. The van der Waals surface area contributed by atoms with Crippen LogP contribution in [0.15, 0.2) is 35.3 Å². The number of hydrogen-bond acceptors (Lipinski definition) is 2. The average Bonchev–Trinajstić information content (AvgIpc) is 2.35. The Hall–Kier alpha value is -1.22. The third-order valence-corrected chi connectivity index (χ3v) is 3.55. The Morgan fingerprint density at radius 3 is 2.47 bits per heavy atom. The van der Waals surface area contributed by atoms with Gasteiger partial charge in [0.25, 0.3) is 0 Å². The third-order valence-electron chi connectivity index (χ3n) is 2.35. The molecule has 0 saturated heterocycles. The molecule has 1 rings (SSSR count). The molecule has 0 radical (unpaired) electrons. The van der Waals surface area contributed by atoms with Crippen molar-refractivity contribution in [2.75, 3.05) is 14.1 Å². The first-order valence-electron chi connectivity index (χ1n) is 5.80. The lowest BCUT2D eigenvalue weighted by atomic mass is 10.1. The molecule has 0 aliphatic heterocycles. The molecule has 17 heavy (non-hydrogen) atoms. The summed E-state index contributed by atoms with van der Waals surface area (Å²) in [5.74, 6) is 0. The fraction of sp³-hybridized carbons (Fsp3) is 0.357. The van der Waals surface area contributed by atoms with Crippen molar-refractivity contribution in [3.8, 4) is 0 Å². The van der Waals surface area contributed by atoms with Crippen molar-refractivity contribution in [3.63, 3.8) is 0 Å². The second-order valence-electron chi connectivity index (χ2n) is 3.72. The lowest BCUT2D eigenvalue weighted by Crippen LogP contribution is -2.13. The summed E-state index contributed by atoms with van der Waals surface area (Å²) >= 11 is 1.67. The van der Waals surface area contributed by atoms with E-state index in [2.05, 4.69) is 54.5 Å². The van der Waals surface area contributed by atoms with E-state index in [1.807, 2.05) is 7.05 Å². The maximum atomic E-state index is 4.20. The first-order valence-corrected chi connectivity index (χ1v) is 6.62. The van der Waals surface area contributed by atoms with E-state index in [4.69, 9.17) is 0 Å². The van der Waals surface area contributed by atoms with Gasteiger partial charge in [-0.1, -0.05) is 54.6 Å². The van der Waals surface area contributed by atoms with Crippen LogP contribution in [0.1, 0.15) is 24.5 Å². The van der Waals surface area contributed by atoms with Crippen molar-refractivity contribution in [3.05, 3.63) is 41.5 Å². The topological polar surface area (TPSA) is 24.4 Å². The molecule has 92 valence electrons. The summed E-state index contributed by atoms with van der Waals surface area (Å²) in [4.78, 5) is 5.45. The summed E-state index contributed by atoms with van der Waals surface area (Å²) in [7, 11) is 3.70. The highest BCUT2D eigenvalue weighted by atomic mass is 32.2. The van der Waals surface area contributed by atoms with Crippen LogP contribution in [0.3, 0.4) is 0 Å². The Morgan fingerprint density at radius 2 is 2.00 bits per heavy atom. The van der Waals surface area contributed by atoms with E-state index in [9.17, 15) is 0 Å². The number of benzene rings is 1. The molecular formula is C14H20N2S. The standard InChI is InChI=1S/C14H20N2S/c1-5-6-13(17-14(15-3)16-4)12-9-7-11(2)8-10-12/h6-10H,5H2,1-4H3,(H,15,16)/b13-6+. The monoisotopic (exact) mass is 248 g/mol. The number of aliphatic imine (C=N–C) groups is 1. The van der Waals surface area contributed by atoms with Crippen molar-refractivity contribution < 1.29 is 0 Å². The molecule has 0 atom stereocenters. The van der Waals surface area contributed by atoms with Gasteiger partial charge in [0.15, 0.2) is 5.17 Å². The minimum absolute atomic E-state index is 0.935. The van der Waals surface area contributed by atoms with Gasteiger partial charge in [0.2, 0.25) is 0 Å². The summed E-state index contributed by atoms with van der Waals surface area (Å²) in [6, 6.07) is 8.60. The number of allylic oxidation sites excluding steroid dienone is 1. The number of thioether (sulfide) groups is 1. The van der Waals surface area contributed by atoms with Crippen LogP contribution in [0.25, 0.3) is 4.91 Å². The molecule has 3 heteroatoms. The lowest BCUT2D eigenvalue weighted by Gasteiger charge is -2.09. The van der Waals surface area contributed by atoms with E-state index in [1.165, 1.54) is 16.0 Å². The van der Waals surface area contributed by atoms with Crippen LogP contribution in [0.4, 0.5) is 0 Å². The molecular weight excluding hydrogens is 228 g/mol. The molecule has 0 aliphatic rings.